The summed E-state index contributed by atoms with van der Waals surface area (Å²) in [6, 6.07) is 7.28. The van der Waals surface area contributed by atoms with Crippen LogP contribution in [0.4, 0.5) is 18.0 Å². The number of carbonyl (C=O) groups is 1. The van der Waals surface area contributed by atoms with E-state index < -0.39 is 54.5 Å². The van der Waals surface area contributed by atoms with Gasteiger partial charge in [0.1, 0.15) is 6.61 Å². The minimum Gasteiger partial charge on any atom is -0.434 e. The molecule has 2 saturated heterocycles. The van der Waals surface area contributed by atoms with E-state index in [4.69, 9.17) is 14.5 Å². The van der Waals surface area contributed by atoms with E-state index in [1.165, 1.54) is 12.1 Å². The van der Waals surface area contributed by atoms with E-state index >= 15 is 0 Å². The number of hydrogen-bond donors (Lipinski definition) is 3. The normalized spacial score (nSPS) is 22.0. The number of nitrogens with zero attached hydrogens (tertiary/aromatic N) is 1. The number of benzene rings is 1. The number of sulfonamides is 1. The van der Waals surface area contributed by atoms with Gasteiger partial charge in [-0.05, 0) is 31.4 Å². The van der Waals surface area contributed by atoms with Crippen molar-refractivity contribution in [1.82, 2.24) is 9.62 Å². The molecule has 1 amide bonds. The van der Waals surface area contributed by atoms with Gasteiger partial charge < -0.3 is 24.2 Å². The Labute approximate surface area is 193 Å². The van der Waals surface area contributed by atoms with E-state index in [9.17, 15) is 30.9 Å². The molecule has 0 radical (unpaired) electrons. The van der Waals surface area contributed by atoms with Crippen molar-refractivity contribution in [2.75, 3.05) is 26.3 Å². The zero-order valence-corrected chi connectivity index (χ0v) is 19.4. The van der Waals surface area contributed by atoms with Crippen LogP contribution in [0.25, 0.3) is 0 Å². The van der Waals surface area contributed by atoms with Crippen LogP contribution in [0.2, 0.25) is 0 Å². The molecule has 1 aromatic rings. The van der Waals surface area contributed by atoms with Crippen LogP contribution >= 0.6 is 7.82 Å². The maximum atomic E-state index is 13.1. The first-order valence-corrected chi connectivity index (χ1v) is 13.1. The van der Waals surface area contributed by atoms with Gasteiger partial charge in [-0.1, -0.05) is 18.2 Å². The fraction of sp³-hybridized carbons (Fsp3) is 0.611. The van der Waals surface area contributed by atoms with Crippen LogP contribution in [0.15, 0.2) is 35.2 Å². The minimum atomic E-state index is -5.19. The number of piperidine rings is 1. The molecule has 3 N–H and O–H groups in total. The Hall–Kier alpha value is -1.74. The van der Waals surface area contributed by atoms with Crippen LogP contribution in [0.5, 0.6) is 0 Å². The Morgan fingerprint density at radius 1 is 1.26 bits per heavy atom. The first kappa shape index (κ1) is 26.9. The number of hydrogen-bond acceptors (Lipinski definition) is 7. The number of alkyl halides is 3. The Balaban J connectivity index is 1.53. The third-order valence-electron chi connectivity index (χ3n) is 5.52. The number of carbonyl (C=O) groups excluding carboxylic acids is 1. The molecule has 0 aliphatic carbocycles. The Morgan fingerprint density at radius 3 is 2.44 bits per heavy atom. The van der Waals surface area contributed by atoms with Crippen molar-refractivity contribution in [3.63, 3.8) is 0 Å². The molecule has 192 valence electrons. The Bertz CT molecular complexity index is 1010. The van der Waals surface area contributed by atoms with Crippen LogP contribution in [-0.2, 0) is 28.6 Å². The second-order valence-electron chi connectivity index (χ2n) is 8.02. The van der Waals surface area contributed by atoms with Gasteiger partial charge in [0, 0.05) is 19.1 Å². The molecule has 3 rings (SSSR count). The minimum absolute atomic E-state index is 0.0130. The van der Waals surface area contributed by atoms with Crippen LogP contribution in [0.1, 0.15) is 19.3 Å². The second kappa shape index (κ2) is 10.1. The van der Waals surface area contributed by atoms with Gasteiger partial charge in [0.05, 0.1) is 17.1 Å². The van der Waals surface area contributed by atoms with Crippen LogP contribution in [-0.4, -0.2) is 79.4 Å². The molecule has 34 heavy (non-hydrogen) atoms. The first-order valence-electron chi connectivity index (χ1n) is 10.1. The van der Waals surface area contributed by atoms with Gasteiger partial charge in [-0.2, -0.15) is 13.2 Å². The van der Waals surface area contributed by atoms with Crippen molar-refractivity contribution in [3.05, 3.63) is 30.3 Å². The van der Waals surface area contributed by atoms with Gasteiger partial charge in [-0.25, -0.2) is 22.5 Å². The van der Waals surface area contributed by atoms with Gasteiger partial charge in [-0.3, -0.25) is 4.52 Å². The predicted molar refractivity (Wildman–Crippen MR) is 109 cm³/mol. The lowest BCUT2D eigenvalue weighted by Crippen LogP contribution is -2.49. The molecule has 1 unspecified atom stereocenters. The van der Waals surface area contributed by atoms with E-state index in [-0.39, 0.29) is 37.4 Å². The number of nitrogens with one attached hydrogen (secondary N) is 1. The van der Waals surface area contributed by atoms with Crippen molar-refractivity contribution in [2.45, 2.75) is 48.1 Å². The van der Waals surface area contributed by atoms with Crippen molar-refractivity contribution < 1.29 is 54.7 Å². The lowest BCUT2D eigenvalue weighted by Gasteiger charge is -2.38. The number of likely N-dealkylation sites (tertiary alicyclic amines) is 1. The average molecular weight is 532 g/mol. The number of amides is 1. The standard InChI is InChI=1S/C18H24F3N2O9PS/c19-18(20,21)15(12-31-33(25,26)27)32-16(24)23-8-6-17(7-9-23)10-13(11-30-17)22-34(28,29)14-4-2-1-3-5-14/h1-5,13,15,22H,6-12H2,(H2,25,26,27)/t13-,15?/m1/s1. The summed E-state index contributed by atoms with van der Waals surface area (Å²) in [5, 5.41) is 0. The Kier molecular flexibility index (Phi) is 7.97. The summed E-state index contributed by atoms with van der Waals surface area (Å²) in [4.78, 5) is 30.5. The summed E-state index contributed by atoms with van der Waals surface area (Å²) in [5.74, 6) is 0. The largest absolute Gasteiger partial charge is 0.469 e. The van der Waals surface area contributed by atoms with Crippen LogP contribution in [0.3, 0.4) is 0 Å². The van der Waals surface area contributed by atoms with E-state index in [1.807, 2.05) is 0 Å². The highest BCUT2D eigenvalue weighted by molar-refractivity contribution is 7.89. The van der Waals surface area contributed by atoms with Gasteiger partial charge in [-0.15, -0.1) is 0 Å². The second-order valence-corrected chi connectivity index (χ2v) is 11.0. The molecule has 2 atom stereocenters. The number of phosphoric ester groups is 1. The fourth-order valence-electron chi connectivity index (χ4n) is 3.81. The van der Waals surface area contributed by atoms with Gasteiger partial charge in [0.2, 0.25) is 16.1 Å². The zero-order chi connectivity index (χ0) is 25.2. The monoisotopic (exact) mass is 532 g/mol. The number of halogens is 3. The van der Waals surface area contributed by atoms with Gasteiger partial charge in [0.25, 0.3) is 0 Å². The van der Waals surface area contributed by atoms with Crippen molar-refractivity contribution in [2.24, 2.45) is 0 Å². The summed E-state index contributed by atoms with van der Waals surface area (Å²) in [7, 11) is -8.95. The third kappa shape index (κ3) is 7.13. The lowest BCUT2D eigenvalue weighted by molar-refractivity contribution is -0.214. The van der Waals surface area contributed by atoms with Crippen LogP contribution < -0.4 is 4.72 Å². The summed E-state index contributed by atoms with van der Waals surface area (Å²) in [6.45, 7) is -1.47. The average Bonchev–Trinajstić information content (AvgIpc) is 3.11. The molecule has 0 bridgehead atoms. The topological polar surface area (TPSA) is 152 Å². The predicted octanol–water partition coefficient (Wildman–Crippen LogP) is 1.77. The molecule has 1 aromatic carbocycles. The summed E-state index contributed by atoms with van der Waals surface area (Å²) < 4.78 is 91.5. The van der Waals surface area contributed by atoms with E-state index in [0.717, 1.165) is 4.90 Å². The van der Waals surface area contributed by atoms with Crippen molar-refractivity contribution >= 4 is 23.9 Å². The molecule has 0 aromatic heterocycles. The van der Waals surface area contributed by atoms with Gasteiger partial charge in [0.15, 0.2) is 0 Å². The van der Waals surface area contributed by atoms with Crippen molar-refractivity contribution in [1.29, 1.82) is 0 Å². The number of phosphoric acid groups is 1. The van der Waals surface area contributed by atoms with E-state index in [2.05, 4.69) is 14.0 Å². The molecule has 0 saturated carbocycles. The molecule has 1 spiro atoms. The van der Waals surface area contributed by atoms with Crippen LogP contribution in [0, 0.1) is 0 Å². The SMILES string of the molecule is O=C(OC(COP(=O)(O)O)C(F)(F)F)N1CCC2(CC1)C[C@@H](NS(=O)(=O)c1ccccc1)CO2. The first-order chi connectivity index (χ1) is 15.7. The summed E-state index contributed by atoms with van der Waals surface area (Å²) in [6.07, 6.45) is -8.47. The quantitative estimate of drug-likeness (QED) is 0.446. The van der Waals surface area contributed by atoms with E-state index in [0.29, 0.717) is 6.42 Å². The zero-order valence-electron chi connectivity index (χ0n) is 17.7. The molecular formula is C18H24F3N2O9PS. The number of rotatable bonds is 7. The molecule has 2 aliphatic rings. The molecule has 16 heteroatoms. The smallest absolute Gasteiger partial charge is 0.434 e. The fourth-order valence-corrected chi connectivity index (χ4v) is 5.38. The van der Waals surface area contributed by atoms with Crippen molar-refractivity contribution in [3.8, 4) is 0 Å². The Morgan fingerprint density at radius 2 is 1.88 bits per heavy atom. The molecule has 11 nitrogen and oxygen atoms in total. The van der Waals surface area contributed by atoms with E-state index in [1.54, 1.807) is 18.2 Å². The third-order valence-corrected chi connectivity index (χ3v) is 7.54. The maximum absolute atomic E-state index is 13.1. The number of ether oxygens (including phenoxy) is 2. The molecule has 2 fully saturated rings. The lowest BCUT2D eigenvalue weighted by atomic mass is 9.88. The molecular weight excluding hydrogens is 508 g/mol. The highest BCUT2D eigenvalue weighted by atomic mass is 32.2. The van der Waals surface area contributed by atoms with Gasteiger partial charge >= 0.3 is 20.1 Å². The maximum Gasteiger partial charge on any atom is 0.469 e. The highest BCUT2D eigenvalue weighted by Gasteiger charge is 2.47. The molecule has 2 aliphatic heterocycles. The highest BCUT2D eigenvalue weighted by Crippen LogP contribution is 2.39. The summed E-state index contributed by atoms with van der Waals surface area (Å²) in [5.41, 5.74) is -0.742. The summed E-state index contributed by atoms with van der Waals surface area (Å²) >= 11 is 0. The molecule has 2 heterocycles.